The molecule has 0 aliphatic carbocycles. The maximum atomic E-state index is 9.66. The number of benzene rings is 11. The van der Waals surface area contributed by atoms with Gasteiger partial charge in [0.2, 0.25) is 0 Å². The SMILES string of the molecule is [2H]c1c([2H])c(N(c2ccc(-c3ccc4ccccc4c3-c3ccccc3)cc2)c2c([2H])c([2H])c(-c3cccc4ccccc34)c([2H])c2[2H])c([2H])c([2H])c1-c1ccc(-c2cccc3ccccc23)cc1. The third-order valence-corrected chi connectivity index (χ3v) is 11.4. The largest absolute Gasteiger partial charge is 0.311 e. The summed E-state index contributed by atoms with van der Waals surface area (Å²) in [5, 5.41) is 6.00. The number of hydrogen-bond donors (Lipinski definition) is 0. The summed E-state index contributed by atoms with van der Waals surface area (Å²) >= 11 is 0. The lowest BCUT2D eigenvalue weighted by Crippen LogP contribution is -2.09. The molecular formula is C60H41N. The van der Waals surface area contributed by atoms with Gasteiger partial charge < -0.3 is 4.90 Å². The average molecular weight is 784 g/mol. The smallest absolute Gasteiger partial charge is 0.0645 e. The highest BCUT2D eigenvalue weighted by Gasteiger charge is 2.17. The van der Waals surface area contributed by atoms with Gasteiger partial charge >= 0.3 is 0 Å². The summed E-state index contributed by atoms with van der Waals surface area (Å²) in [7, 11) is 0. The van der Waals surface area contributed by atoms with Crippen molar-refractivity contribution in [2.75, 3.05) is 4.90 Å². The van der Waals surface area contributed by atoms with E-state index in [2.05, 4.69) is 54.6 Å². The summed E-state index contributed by atoms with van der Waals surface area (Å²) in [6, 6.07) is 62.0. The van der Waals surface area contributed by atoms with E-state index in [-0.39, 0.29) is 46.7 Å². The van der Waals surface area contributed by atoms with Crippen molar-refractivity contribution in [1.82, 2.24) is 0 Å². The van der Waals surface area contributed by atoms with Gasteiger partial charge in [0.1, 0.15) is 0 Å². The molecule has 0 unspecified atom stereocenters. The first-order chi connectivity index (χ1) is 33.6. The summed E-state index contributed by atoms with van der Waals surface area (Å²) in [5.74, 6) is 0. The highest BCUT2D eigenvalue weighted by molar-refractivity contribution is 6.04. The molecule has 286 valence electrons. The highest BCUT2D eigenvalue weighted by Crippen LogP contribution is 2.42. The Hall–Kier alpha value is -8.00. The minimum absolute atomic E-state index is 0.101. The van der Waals surface area contributed by atoms with Crippen LogP contribution in [0, 0.1) is 0 Å². The number of rotatable bonds is 8. The molecule has 11 rings (SSSR count). The van der Waals surface area contributed by atoms with Crippen LogP contribution in [0.4, 0.5) is 17.1 Å². The van der Waals surface area contributed by atoms with Crippen molar-refractivity contribution in [3.05, 3.63) is 249 Å². The predicted octanol–water partition coefficient (Wildman–Crippen LogP) is 17.0. The molecule has 11 aromatic carbocycles. The van der Waals surface area contributed by atoms with Gasteiger partial charge in [0, 0.05) is 17.1 Å². The lowest BCUT2D eigenvalue weighted by Gasteiger charge is -2.26. The van der Waals surface area contributed by atoms with Gasteiger partial charge in [0.05, 0.1) is 11.0 Å². The fourth-order valence-electron chi connectivity index (χ4n) is 8.44. The Labute approximate surface area is 368 Å². The van der Waals surface area contributed by atoms with Gasteiger partial charge in [0.25, 0.3) is 0 Å². The van der Waals surface area contributed by atoms with E-state index in [1.807, 2.05) is 127 Å². The van der Waals surface area contributed by atoms with Crippen LogP contribution in [0.3, 0.4) is 0 Å². The van der Waals surface area contributed by atoms with E-state index in [4.69, 9.17) is 0 Å². The van der Waals surface area contributed by atoms with Crippen molar-refractivity contribution >= 4 is 49.4 Å². The van der Waals surface area contributed by atoms with Crippen molar-refractivity contribution in [1.29, 1.82) is 0 Å². The molecule has 0 aliphatic heterocycles. The van der Waals surface area contributed by atoms with Crippen molar-refractivity contribution in [2.24, 2.45) is 0 Å². The van der Waals surface area contributed by atoms with E-state index >= 15 is 0 Å². The minimum atomic E-state index is -0.399. The molecule has 0 N–H and O–H groups in total. The molecule has 1 nitrogen and oxygen atoms in total. The van der Waals surface area contributed by atoms with E-state index < -0.39 is 24.2 Å². The second-order valence-corrected chi connectivity index (χ2v) is 15.0. The summed E-state index contributed by atoms with van der Waals surface area (Å²) in [5.41, 5.74) is 7.03. The zero-order chi connectivity index (χ0) is 47.5. The number of hydrogen-bond acceptors (Lipinski definition) is 1. The Bertz CT molecular complexity index is 3750. The van der Waals surface area contributed by atoms with Crippen LogP contribution in [0.1, 0.15) is 11.0 Å². The van der Waals surface area contributed by atoms with Gasteiger partial charge in [-0.15, -0.1) is 0 Å². The van der Waals surface area contributed by atoms with Crippen LogP contribution in [-0.4, -0.2) is 0 Å². The molecule has 0 saturated carbocycles. The van der Waals surface area contributed by atoms with Crippen molar-refractivity contribution in [3.63, 3.8) is 0 Å². The van der Waals surface area contributed by atoms with Gasteiger partial charge in [0.15, 0.2) is 0 Å². The van der Waals surface area contributed by atoms with Crippen LogP contribution < -0.4 is 4.90 Å². The maximum Gasteiger partial charge on any atom is 0.0645 e. The lowest BCUT2D eigenvalue weighted by atomic mass is 9.90. The first-order valence-corrected chi connectivity index (χ1v) is 20.4. The molecule has 0 atom stereocenters. The van der Waals surface area contributed by atoms with E-state index in [9.17, 15) is 11.0 Å². The zero-order valence-electron chi connectivity index (χ0n) is 41.0. The van der Waals surface area contributed by atoms with Crippen LogP contribution >= 0.6 is 0 Å². The summed E-state index contributed by atoms with van der Waals surface area (Å²) in [6.07, 6.45) is 0. The normalized spacial score (nSPS) is 13.1. The second-order valence-electron chi connectivity index (χ2n) is 15.0. The van der Waals surface area contributed by atoms with E-state index in [1.54, 1.807) is 18.2 Å². The number of anilines is 3. The zero-order valence-corrected chi connectivity index (χ0v) is 33.0. The molecule has 0 amide bonds. The van der Waals surface area contributed by atoms with Gasteiger partial charge in [-0.3, -0.25) is 0 Å². The van der Waals surface area contributed by atoms with E-state index in [0.717, 1.165) is 65.7 Å². The van der Waals surface area contributed by atoms with Crippen LogP contribution in [0.2, 0.25) is 0 Å². The fraction of sp³-hybridized carbons (Fsp3) is 0. The molecule has 0 heterocycles. The molecule has 0 aromatic heterocycles. The maximum absolute atomic E-state index is 9.66. The average Bonchev–Trinajstić information content (AvgIpc) is 3.39. The molecule has 0 aliphatic rings. The molecule has 0 bridgehead atoms. The Morgan fingerprint density at radius 3 is 1.30 bits per heavy atom. The monoisotopic (exact) mass is 783 g/mol. The summed E-state index contributed by atoms with van der Waals surface area (Å²) in [6.45, 7) is 0. The Kier molecular flexibility index (Phi) is 7.29. The molecule has 1 heteroatoms. The first-order valence-electron chi connectivity index (χ1n) is 24.4. The molecule has 0 spiro atoms. The molecule has 0 saturated heterocycles. The Morgan fingerprint density at radius 2 is 0.689 bits per heavy atom. The second kappa shape index (κ2) is 15.6. The Balaban J connectivity index is 1.10. The van der Waals surface area contributed by atoms with Gasteiger partial charge in [-0.25, -0.2) is 0 Å². The van der Waals surface area contributed by atoms with E-state index in [0.29, 0.717) is 16.8 Å². The lowest BCUT2D eigenvalue weighted by molar-refractivity contribution is 1.28. The van der Waals surface area contributed by atoms with Gasteiger partial charge in [-0.05, 0) is 124 Å². The van der Waals surface area contributed by atoms with Crippen LogP contribution in [0.5, 0.6) is 0 Å². The predicted molar refractivity (Wildman–Crippen MR) is 261 cm³/mol. The summed E-state index contributed by atoms with van der Waals surface area (Å²) in [4.78, 5) is 1.37. The van der Waals surface area contributed by atoms with Gasteiger partial charge in [-0.1, -0.05) is 212 Å². The first kappa shape index (κ1) is 28.4. The Morgan fingerprint density at radius 1 is 0.246 bits per heavy atom. The standard InChI is InChI=1S/C60H41N/c1-2-15-50(16-3-1)60-58-21-9-6-14-46(58)34-41-59(60)49-32-39-53(40-33-49)61(52-37-30-48(31-38-52)57-23-11-18-45-13-5-8-20-55(45)57)51-35-28-43(29-36-51)42-24-26-47(27-25-42)56-22-10-17-44-12-4-7-19-54(44)56/h1-41H/i28D,29D,30D,31D,35D,36D,37D,38D. The highest BCUT2D eigenvalue weighted by atomic mass is 15.1. The third-order valence-electron chi connectivity index (χ3n) is 11.4. The van der Waals surface area contributed by atoms with Crippen molar-refractivity contribution in [3.8, 4) is 55.6 Å². The van der Waals surface area contributed by atoms with Crippen LogP contribution in [0.15, 0.2) is 249 Å². The van der Waals surface area contributed by atoms with Crippen molar-refractivity contribution < 1.29 is 11.0 Å². The number of nitrogens with zero attached hydrogens (tertiary/aromatic N) is 1. The van der Waals surface area contributed by atoms with E-state index in [1.165, 1.54) is 4.90 Å². The molecule has 11 aromatic rings. The molecular weight excluding hydrogens is 735 g/mol. The summed E-state index contributed by atoms with van der Waals surface area (Å²) < 4.78 is 76.6. The molecule has 61 heavy (non-hydrogen) atoms. The third kappa shape index (κ3) is 6.83. The quantitative estimate of drug-likeness (QED) is 0.148. The fourth-order valence-corrected chi connectivity index (χ4v) is 8.44. The van der Waals surface area contributed by atoms with Gasteiger partial charge in [-0.2, -0.15) is 0 Å². The number of fused-ring (bicyclic) bond motifs is 3. The molecule has 0 fully saturated rings. The van der Waals surface area contributed by atoms with Crippen LogP contribution in [0.25, 0.3) is 88.0 Å². The topological polar surface area (TPSA) is 3.24 Å². The minimum Gasteiger partial charge on any atom is -0.311 e. The van der Waals surface area contributed by atoms with Crippen molar-refractivity contribution in [2.45, 2.75) is 0 Å². The van der Waals surface area contributed by atoms with Crippen LogP contribution in [-0.2, 0) is 0 Å². The molecule has 0 radical (unpaired) electrons.